The smallest absolute Gasteiger partial charge is 0.184 e. The first kappa shape index (κ1) is 17.3. The Morgan fingerprint density at radius 2 is 2.17 bits per heavy atom. The van der Waals surface area contributed by atoms with E-state index >= 15 is 0 Å². The highest BCUT2D eigenvalue weighted by atomic mass is 35.5. The Bertz CT molecular complexity index is 710. The minimum Gasteiger partial charge on any atom is -0.485 e. The van der Waals surface area contributed by atoms with Crippen LogP contribution in [-0.2, 0) is 11.3 Å². The zero-order valence-electron chi connectivity index (χ0n) is 13.0. The molecule has 24 heavy (non-hydrogen) atoms. The van der Waals surface area contributed by atoms with Crippen LogP contribution in [0.4, 0.5) is 0 Å². The van der Waals surface area contributed by atoms with Gasteiger partial charge in [0.2, 0.25) is 0 Å². The summed E-state index contributed by atoms with van der Waals surface area (Å²) < 4.78 is 16.0. The topological polar surface area (TPSA) is 61.6 Å². The van der Waals surface area contributed by atoms with Crippen LogP contribution >= 0.6 is 23.2 Å². The number of hydrogen-bond donors (Lipinski definition) is 0. The molecule has 2 aromatic rings. The summed E-state index contributed by atoms with van der Waals surface area (Å²) in [5, 5.41) is 4.70. The van der Waals surface area contributed by atoms with Gasteiger partial charge in [0.05, 0.1) is 10.0 Å². The van der Waals surface area contributed by atoms with Crippen molar-refractivity contribution in [2.45, 2.75) is 25.9 Å². The van der Waals surface area contributed by atoms with Gasteiger partial charge in [-0.1, -0.05) is 28.4 Å². The monoisotopic (exact) mass is 369 g/mol. The van der Waals surface area contributed by atoms with Crippen molar-refractivity contribution in [2.75, 3.05) is 13.2 Å². The number of benzene rings is 1. The normalized spacial score (nSPS) is 17.2. The molecule has 1 saturated heterocycles. The Hall–Kier alpha value is -1.56. The van der Waals surface area contributed by atoms with Gasteiger partial charge in [0.25, 0.3) is 0 Å². The molecule has 1 atom stereocenters. The van der Waals surface area contributed by atoms with Crippen molar-refractivity contribution in [3.63, 3.8) is 0 Å². The fourth-order valence-electron chi connectivity index (χ4n) is 2.51. The van der Waals surface area contributed by atoms with Gasteiger partial charge in [-0.2, -0.15) is 0 Å². The van der Waals surface area contributed by atoms with E-state index in [9.17, 15) is 4.79 Å². The van der Waals surface area contributed by atoms with Crippen LogP contribution < -0.4 is 4.74 Å². The largest absolute Gasteiger partial charge is 0.485 e. The molecular weight excluding hydrogens is 353 g/mol. The molecule has 0 saturated carbocycles. The number of aromatic nitrogens is 1. The molecule has 0 radical (unpaired) electrons. The summed E-state index contributed by atoms with van der Waals surface area (Å²) in [4.78, 5) is 12.1. The van der Waals surface area contributed by atoms with E-state index in [4.69, 9.17) is 37.2 Å². The SMILES string of the molecule is O=C(CCC1CCOC1)c1cc(COc2ccc(Cl)c(Cl)c2)on1. The van der Waals surface area contributed by atoms with Gasteiger partial charge in [-0.3, -0.25) is 4.79 Å². The minimum absolute atomic E-state index is 0.0218. The van der Waals surface area contributed by atoms with Gasteiger partial charge in [0, 0.05) is 31.8 Å². The quantitative estimate of drug-likeness (QED) is 0.669. The first-order valence-electron chi connectivity index (χ1n) is 7.76. The molecule has 1 unspecified atom stereocenters. The van der Waals surface area contributed by atoms with Crippen molar-refractivity contribution in [3.05, 3.63) is 45.8 Å². The molecule has 5 nitrogen and oxygen atoms in total. The second-order valence-corrected chi connectivity index (χ2v) is 6.55. The predicted molar refractivity (Wildman–Crippen MR) is 89.8 cm³/mol. The average molecular weight is 370 g/mol. The number of ketones is 1. The molecule has 0 N–H and O–H groups in total. The van der Waals surface area contributed by atoms with Crippen LogP contribution in [0, 0.1) is 5.92 Å². The minimum atomic E-state index is -0.0218. The highest BCUT2D eigenvalue weighted by Gasteiger charge is 2.19. The van der Waals surface area contributed by atoms with Gasteiger partial charge in [0.15, 0.2) is 11.5 Å². The van der Waals surface area contributed by atoms with Crippen molar-refractivity contribution in [2.24, 2.45) is 5.92 Å². The van der Waals surface area contributed by atoms with E-state index in [1.165, 1.54) is 0 Å². The van der Waals surface area contributed by atoms with Crippen LogP contribution in [0.25, 0.3) is 0 Å². The van der Waals surface area contributed by atoms with Crippen LogP contribution in [-0.4, -0.2) is 24.2 Å². The maximum absolute atomic E-state index is 12.1. The van der Waals surface area contributed by atoms with Crippen LogP contribution in [0.5, 0.6) is 5.75 Å². The molecule has 1 aliphatic rings. The molecule has 0 spiro atoms. The van der Waals surface area contributed by atoms with Crippen molar-refractivity contribution in [1.29, 1.82) is 0 Å². The molecule has 1 aliphatic heterocycles. The number of carbonyl (C=O) groups is 1. The fourth-order valence-corrected chi connectivity index (χ4v) is 2.80. The van der Waals surface area contributed by atoms with Crippen LogP contribution in [0.2, 0.25) is 10.0 Å². The second-order valence-electron chi connectivity index (χ2n) is 5.73. The Kier molecular flexibility index (Phi) is 5.76. The highest BCUT2D eigenvalue weighted by molar-refractivity contribution is 6.42. The van der Waals surface area contributed by atoms with Crippen LogP contribution in [0.3, 0.4) is 0 Å². The second kappa shape index (κ2) is 8.01. The van der Waals surface area contributed by atoms with E-state index in [0.29, 0.717) is 39.6 Å². The first-order valence-corrected chi connectivity index (χ1v) is 8.52. The van der Waals surface area contributed by atoms with Crippen molar-refractivity contribution >= 4 is 29.0 Å². The maximum atomic E-state index is 12.1. The number of ether oxygens (including phenoxy) is 2. The Balaban J connectivity index is 1.50. The molecule has 7 heteroatoms. The number of rotatable bonds is 7. The van der Waals surface area contributed by atoms with Gasteiger partial charge in [0.1, 0.15) is 18.1 Å². The average Bonchev–Trinajstić information content (AvgIpc) is 3.25. The zero-order valence-corrected chi connectivity index (χ0v) is 14.5. The summed E-state index contributed by atoms with van der Waals surface area (Å²) in [6.07, 6.45) is 2.29. The third-order valence-corrected chi connectivity index (χ3v) is 4.66. The number of halogens is 2. The first-order chi connectivity index (χ1) is 11.6. The van der Waals surface area contributed by atoms with Gasteiger partial charge >= 0.3 is 0 Å². The third-order valence-electron chi connectivity index (χ3n) is 3.92. The van der Waals surface area contributed by atoms with Crippen molar-refractivity contribution < 1.29 is 18.8 Å². The summed E-state index contributed by atoms with van der Waals surface area (Å²) >= 11 is 11.8. The number of nitrogens with zero attached hydrogens (tertiary/aromatic N) is 1. The molecule has 3 rings (SSSR count). The predicted octanol–water partition coefficient (Wildman–Crippen LogP) is 4.56. The number of carbonyl (C=O) groups excluding carboxylic acids is 1. The van der Waals surface area contributed by atoms with Crippen molar-refractivity contribution in [3.8, 4) is 5.75 Å². The standard InChI is InChI=1S/C17H17Cl2NO4/c18-14-3-2-12(7-15(14)19)23-10-13-8-16(20-24-13)17(21)4-1-11-5-6-22-9-11/h2-3,7-8,11H,1,4-6,9-10H2. The molecule has 2 heterocycles. The Morgan fingerprint density at radius 3 is 2.92 bits per heavy atom. The summed E-state index contributed by atoms with van der Waals surface area (Å²) in [6.45, 7) is 1.70. The molecule has 1 fully saturated rings. The molecule has 1 aromatic heterocycles. The van der Waals surface area contributed by atoms with Gasteiger partial charge in [-0.05, 0) is 30.9 Å². The fraction of sp³-hybridized carbons (Fsp3) is 0.412. The van der Waals surface area contributed by atoms with E-state index in [1.54, 1.807) is 24.3 Å². The lowest BCUT2D eigenvalue weighted by atomic mass is 10.00. The summed E-state index contributed by atoms with van der Waals surface area (Å²) in [6, 6.07) is 6.60. The van der Waals surface area contributed by atoms with Crippen LogP contribution in [0.1, 0.15) is 35.5 Å². The summed E-state index contributed by atoms with van der Waals surface area (Å²) in [5.74, 6) is 1.49. The Labute approximate surface area is 149 Å². The van der Waals surface area contributed by atoms with E-state index in [-0.39, 0.29) is 12.4 Å². The van der Waals surface area contributed by atoms with E-state index in [2.05, 4.69) is 5.16 Å². The van der Waals surface area contributed by atoms with E-state index < -0.39 is 0 Å². The summed E-state index contributed by atoms with van der Waals surface area (Å²) in [7, 11) is 0. The molecule has 128 valence electrons. The highest BCUT2D eigenvalue weighted by Crippen LogP contribution is 2.27. The molecule has 0 bridgehead atoms. The van der Waals surface area contributed by atoms with Crippen molar-refractivity contribution in [1.82, 2.24) is 5.16 Å². The molecule has 0 aliphatic carbocycles. The summed E-state index contributed by atoms with van der Waals surface area (Å²) in [5.41, 5.74) is 0.335. The van der Waals surface area contributed by atoms with E-state index in [1.807, 2.05) is 0 Å². The lowest BCUT2D eigenvalue weighted by Crippen LogP contribution is -2.05. The molecule has 1 aromatic carbocycles. The number of hydrogen-bond acceptors (Lipinski definition) is 5. The van der Waals surface area contributed by atoms with E-state index in [0.717, 1.165) is 26.1 Å². The molecular formula is C17H17Cl2NO4. The zero-order chi connectivity index (χ0) is 16.9. The maximum Gasteiger partial charge on any atom is 0.184 e. The van der Waals surface area contributed by atoms with Gasteiger partial charge in [-0.15, -0.1) is 0 Å². The van der Waals surface area contributed by atoms with Crippen LogP contribution in [0.15, 0.2) is 28.8 Å². The number of Topliss-reactive ketones (excluding diaryl/α,β-unsaturated/α-hetero) is 1. The Morgan fingerprint density at radius 1 is 1.29 bits per heavy atom. The lowest BCUT2D eigenvalue weighted by Gasteiger charge is -2.04. The van der Waals surface area contributed by atoms with Gasteiger partial charge < -0.3 is 14.0 Å². The molecule has 0 amide bonds. The third kappa shape index (κ3) is 4.50. The van der Waals surface area contributed by atoms with Gasteiger partial charge in [-0.25, -0.2) is 0 Å². The lowest BCUT2D eigenvalue weighted by molar-refractivity contribution is 0.0962.